The summed E-state index contributed by atoms with van der Waals surface area (Å²) >= 11 is 0. The van der Waals surface area contributed by atoms with Gasteiger partial charge in [-0.05, 0) is 58.4 Å². The van der Waals surface area contributed by atoms with Gasteiger partial charge in [0.1, 0.15) is 11.5 Å². The number of aryl methyl sites for hydroxylation is 2. The Kier molecular flexibility index (Phi) is 4.22. The maximum absolute atomic E-state index is 12.6. The Morgan fingerprint density at radius 1 is 1.16 bits per heavy atom. The smallest absolute Gasteiger partial charge is 0.387 e. The molecule has 0 spiro atoms. The van der Waals surface area contributed by atoms with Gasteiger partial charge in [0, 0.05) is 28.6 Å². The minimum atomic E-state index is -2.88. The Balaban J connectivity index is 2.16. The summed E-state index contributed by atoms with van der Waals surface area (Å²) in [5, 5.41) is 0. The highest BCUT2D eigenvalue weighted by molar-refractivity contribution is 6.15. The number of aliphatic imine (C=N–C) groups is 1. The van der Waals surface area contributed by atoms with Gasteiger partial charge in [0.05, 0.1) is 5.71 Å². The molecule has 6 heteroatoms. The van der Waals surface area contributed by atoms with Gasteiger partial charge >= 0.3 is 6.61 Å². The molecule has 1 aliphatic heterocycles. The molecule has 3 rings (SSSR count). The third-order valence-corrected chi connectivity index (χ3v) is 4.17. The fourth-order valence-corrected chi connectivity index (χ4v) is 2.81. The molecular weight excluding hydrogens is 326 g/mol. The third kappa shape index (κ3) is 3.34. The topological polar surface area (TPSA) is 43.7 Å². The number of pyridine rings is 1. The first-order valence-electron chi connectivity index (χ1n) is 7.99. The number of rotatable bonds is 3. The van der Waals surface area contributed by atoms with Gasteiger partial charge in [-0.15, -0.1) is 0 Å². The highest BCUT2D eigenvalue weighted by atomic mass is 19.3. The number of benzene rings is 1. The van der Waals surface area contributed by atoms with E-state index in [1.165, 1.54) is 6.07 Å². The summed E-state index contributed by atoms with van der Waals surface area (Å²) in [6, 6.07) is 5.24. The number of hydrogen-bond acceptors (Lipinski definition) is 4. The molecule has 0 unspecified atom stereocenters. The third-order valence-electron chi connectivity index (χ3n) is 4.17. The van der Waals surface area contributed by atoms with E-state index in [4.69, 9.17) is 9.73 Å². The van der Waals surface area contributed by atoms with Crippen LogP contribution in [0.2, 0.25) is 0 Å². The fraction of sp³-hybridized carbons (Fsp3) is 0.368. The molecule has 0 radical (unpaired) electrons. The Morgan fingerprint density at radius 3 is 2.52 bits per heavy atom. The van der Waals surface area contributed by atoms with E-state index in [1.807, 2.05) is 33.8 Å². The van der Waals surface area contributed by atoms with Crippen LogP contribution >= 0.6 is 0 Å². The number of alkyl halides is 2. The lowest BCUT2D eigenvalue weighted by Gasteiger charge is -2.32. The molecule has 1 aliphatic rings. The van der Waals surface area contributed by atoms with Crippen LogP contribution in [-0.2, 0) is 0 Å². The van der Waals surface area contributed by atoms with Gasteiger partial charge in [-0.1, -0.05) is 0 Å². The lowest BCUT2D eigenvalue weighted by atomic mass is 9.96. The van der Waals surface area contributed by atoms with Crippen molar-refractivity contribution in [1.29, 1.82) is 0 Å². The van der Waals surface area contributed by atoms with Gasteiger partial charge in [-0.2, -0.15) is 8.78 Å². The van der Waals surface area contributed by atoms with Crippen LogP contribution in [0.1, 0.15) is 41.8 Å². The Hall–Kier alpha value is -2.50. The van der Waals surface area contributed by atoms with Crippen LogP contribution in [0, 0.1) is 20.8 Å². The summed E-state index contributed by atoms with van der Waals surface area (Å²) in [4.78, 5) is 9.10. The highest BCUT2D eigenvalue weighted by Crippen LogP contribution is 2.39. The molecule has 0 saturated carbocycles. The summed E-state index contributed by atoms with van der Waals surface area (Å²) in [5.41, 5.74) is 4.04. The second kappa shape index (κ2) is 6.10. The molecule has 25 heavy (non-hydrogen) atoms. The van der Waals surface area contributed by atoms with E-state index in [0.717, 1.165) is 28.1 Å². The Morgan fingerprint density at radius 2 is 1.88 bits per heavy atom. The van der Waals surface area contributed by atoms with Crippen LogP contribution < -0.4 is 9.47 Å². The highest BCUT2D eigenvalue weighted by Gasteiger charge is 2.31. The quantitative estimate of drug-likeness (QED) is 0.817. The van der Waals surface area contributed by atoms with Crippen molar-refractivity contribution in [3.63, 3.8) is 0 Å². The molecular formula is C19H20F2N2O2. The molecule has 0 atom stereocenters. The summed E-state index contributed by atoms with van der Waals surface area (Å²) in [6.45, 7) is 6.40. The van der Waals surface area contributed by atoms with Crippen molar-refractivity contribution in [1.82, 2.24) is 4.98 Å². The number of nitrogens with zero attached hydrogens (tertiary/aromatic N) is 2. The van der Waals surface area contributed by atoms with E-state index in [2.05, 4.69) is 9.72 Å². The van der Waals surface area contributed by atoms with Crippen LogP contribution in [0.5, 0.6) is 11.5 Å². The summed E-state index contributed by atoms with van der Waals surface area (Å²) < 4.78 is 35.8. The van der Waals surface area contributed by atoms with Crippen molar-refractivity contribution < 1.29 is 18.3 Å². The van der Waals surface area contributed by atoms with Crippen LogP contribution in [0.4, 0.5) is 8.78 Å². The standard InChI is InChI=1S/C19H20F2N2O2/c1-10-8-13(9-22-12(10)3)16-14-6-7-15(24-18(20)21)11(2)17(14)25-19(4,5)23-16/h6-9,18H,1-5H3. The molecule has 0 saturated heterocycles. The Labute approximate surface area is 145 Å². The zero-order chi connectivity index (χ0) is 18.4. The number of aromatic nitrogens is 1. The molecule has 2 heterocycles. The van der Waals surface area contributed by atoms with E-state index in [9.17, 15) is 8.78 Å². The van der Waals surface area contributed by atoms with Gasteiger partial charge in [0.25, 0.3) is 0 Å². The predicted molar refractivity (Wildman–Crippen MR) is 91.9 cm³/mol. The first-order chi connectivity index (χ1) is 11.7. The first-order valence-corrected chi connectivity index (χ1v) is 7.99. The average molecular weight is 346 g/mol. The summed E-state index contributed by atoms with van der Waals surface area (Å²) in [7, 11) is 0. The SMILES string of the molecule is Cc1cc(C2=NC(C)(C)Oc3c2ccc(OC(F)F)c3C)cnc1C. The monoisotopic (exact) mass is 346 g/mol. The van der Waals surface area contributed by atoms with Crippen molar-refractivity contribution in [2.75, 3.05) is 0 Å². The average Bonchev–Trinajstić information content (AvgIpc) is 2.51. The molecule has 1 aromatic carbocycles. The maximum Gasteiger partial charge on any atom is 0.387 e. The molecule has 132 valence electrons. The van der Waals surface area contributed by atoms with Crippen molar-refractivity contribution in [3.05, 3.63) is 52.3 Å². The van der Waals surface area contributed by atoms with Crippen LogP contribution in [0.15, 0.2) is 29.4 Å². The zero-order valence-electron chi connectivity index (χ0n) is 14.9. The van der Waals surface area contributed by atoms with Crippen molar-refractivity contribution in [2.24, 2.45) is 4.99 Å². The van der Waals surface area contributed by atoms with Crippen molar-refractivity contribution in [3.8, 4) is 11.5 Å². The van der Waals surface area contributed by atoms with Crippen molar-refractivity contribution >= 4 is 5.71 Å². The number of hydrogen-bond donors (Lipinski definition) is 0. The molecule has 4 nitrogen and oxygen atoms in total. The summed E-state index contributed by atoms with van der Waals surface area (Å²) in [5.74, 6) is 0.607. The minimum Gasteiger partial charge on any atom is -0.466 e. The number of fused-ring (bicyclic) bond motifs is 1. The van der Waals surface area contributed by atoms with Crippen molar-refractivity contribution in [2.45, 2.75) is 47.0 Å². The van der Waals surface area contributed by atoms with Gasteiger partial charge in [0.2, 0.25) is 0 Å². The number of halogens is 2. The fourth-order valence-electron chi connectivity index (χ4n) is 2.81. The lowest BCUT2D eigenvalue weighted by Crippen LogP contribution is -2.33. The van der Waals surface area contributed by atoms with Crippen LogP contribution in [0.3, 0.4) is 0 Å². The number of ether oxygens (including phenoxy) is 2. The van der Waals surface area contributed by atoms with Gasteiger partial charge in [-0.25, -0.2) is 4.99 Å². The first kappa shape index (κ1) is 17.3. The second-order valence-electron chi connectivity index (χ2n) is 6.58. The van der Waals surface area contributed by atoms with E-state index in [0.29, 0.717) is 11.3 Å². The van der Waals surface area contributed by atoms with E-state index in [-0.39, 0.29) is 5.75 Å². The van der Waals surface area contributed by atoms with Gasteiger partial charge in [0.15, 0.2) is 5.72 Å². The molecule has 0 aliphatic carbocycles. The second-order valence-corrected chi connectivity index (χ2v) is 6.58. The molecule has 0 amide bonds. The maximum atomic E-state index is 12.6. The largest absolute Gasteiger partial charge is 0.466 e. The van der Waals surface area contributed by atoms with E-state index < -0.39 is 12.3 Å². The summed E-state index contributed by atoms with van der Waals surface area (Å²) in [6.07, 6.45) is 1.77. The normalized spacial score (nSPS) is 15.4. The molecule has 0 fully saturated rings. The van der Waals surface area contributed by atoms with E-state index in [1.54, 1.807) is 19.2 Å². The Bertz CT molecular complexity index is 861. The van der Waals surface area contributed by atoms with Crippen LogP contribution in [-0.4, -0.2) is 23.0 Å². The van der Waals surface area contributed by atoms with E-state index >= 15 is 0 Å². The van der Waals surface area contributed by atoms with Crippen LogP contribution in [0.25, 0.3) is 0 Å². The molecule has 2 aromatic rings. The van der Waals surface area contributed by atoms with Gasteiger partial charge < -0.3 is 9.47 Å². The molecule has 0 bridgehead atoms. The molecule has 1 aromatic heterocycles. The predicted octanol–water partition coefficient (Wildman–Crippen LogP) is 4.57. The minimum absolute atomic E-state index is 0.101. The lowest BCUT2D eigenvalue weighted by molar-refractivity contribution is -0.0505. The van der Waals surface area contributed by atoms with Gasteiger partial charge in [-0.3, -0.25) is 4.98 Å². The zero-order valence-corrected chi connectivity index (χ0v) is 14.9. The molecule has 0 N–H and O–H groups in total.